The lowest BCUT2D eigenvalue weighted by Gasteiger charge is -2.33. The topological polar surface area (TPSA) is 12.0 Å². The molecule has 19 heavy (non-hydrogen) atoms. The molecule has 0 amide bonds. The lowest BCUT2D eigenvalue weighted by molar-refractivity contribution is 0.456. The minimum Gasteiger partial charge on any atom is -0.378 e. The molecule has 1 heterocycles. The van der Waals surface area contributed by atoms with E-state index in [0.717, 1.165) is 18.2 Å². The average molecular weight is 259 g/mol. The van der Waals surface area contributed by atoms with E-state index in [2.05, 4.69) is 18.3 Å². The molecule has 3 rings (SSSR count). The van der Waals surface area contributed by atoms with Crippen LogP contribution in [-0.2, 0) is 6.42 Å². The normalized spacial score (nSPS) is 21.6. The van der Waals surface area contributed by atoms with Crippen LogP contribution < -0.4 is 5.32 Å². The number of fused-ring (bicyclic) bond motifs is 1. The van der Waals surface area contributed by atoms with Crippen LogP contribution in [0.4, 0.5) is 14.5 Å². The van der Waals surface area contributed by atoms with Crippen LogP contribution in [0.5, 0.6) is 0 Å². The summed E-state index contributed by atoms with van der Waals surface area (Å²) in [6.45, 7) is 2.05. The summed E-state index contributed by atoms with van der Waals surface area (Å²) in [5.74, 6) is -0.541. The first-order chi connectivity index (χ1) is 9.15. The molecule has 98 valence electrons. The van der Waals surface area contributed by atoms with Crippen molar-refractivity contribution in [3.63, 3.8) is 0 Å². The summed E-state index contributed by atoms with van der Waals surface area (Å²) in [6, 6.07) is 11.4. The van der Waals surface area contributed by atoms with Crippen molar-refractivity contribution in [3.05, 3.63) is 65.2 Å². The van der Waals surface area contributed by atoms with E-state index in [1.165, 1.54) is 17.7 Å². The highest BCUT2D eigenvalue weighted by Gasteiger charge is 2.28. The average Bonchev–Trinajstić information content (AvgIpc) is 2.41. The molecule has 1 aliphatic rings. The van der Waals surface area contributed by atoms with Crippen LogP contribution in [-0.4, -0.2) is 0 Å². The second-order valence-corrected chi connectivity index (χ2v) is 5.13. The van der Waals surface area contributed by atoms with E-state index in [-0.39, 0.29) is 17.8 Å². The Bertz CT molecular complexity index is 609. The third-order valence-electron chi connectivity index (χ3n) is 3.73. The summed E-state index contributed by atoms with van der Waals surface area (Å²) >= 11 is 0. The minimum absolute atomic E-state index is 0.189. The Balaban J connectivity index is 2.00. The molecule has 0 saturated heterocycles. The second kappa shape index (κ2) is 4.65. The molecular formula is C16H15F2N. The molecule has 0 bridgehead atoms. The van der Waals surface area contributed by atoms with Crippen molar-refractivity contribution in [1.29, 1.82) is 0 Å². The van der Waals surface area contributed by atoms with Crippen molar-refractivity contribution in [2.75, 3.05) is 5.32 Å². The fraction of sp³-hybridized carbons (Fsp3) is 0.250. The molecule has 0 aliphatic carbocycles. The van der Waals surface area contributed by atoms with Gasteiger partial charge in [-0.3, -0.25) is 0 Å². The number of halogens is 2. The summed E-state index contributed by atoms with van der Waals surface area (Å²) in [5, 5.41) is 3.32. The van der Waals surface area contributed by atoms with E-state index >= 15 is 0 Å². The maximum absolute atomic E-state index is 13.9. The van der Waals surface area contributed by atoms with Crippen molar-refractivity contribution in [2.45, 2.75) is 19.4 Å². The smallest absolute Gasteiger partial charge is 0.128 e. The largest absolute Gasteiger partial charge is 0.378 e. The molecule has 0 spiro atoms. The van der Waals surface area contributed by atoms with Crippen LogP contribution >= 0.6 is 0 Å². The van der Waals surface area contributed by atoms with Gasteiger partial charge in [0.1, 0.15) is 11.6 Å². The minimum atomic E-state index is -0.399. The van der Waals surface area contributed by atoms with E-state index in [1.807, 2.05) is 18.2 Å². The Morgan fingerprint density at radius 3 is 2.74 bits per heavy atom. The predicted molar refractivity (Wildman–Crippen MR) is 72.0 cm³/mol. The Morgan fingerprint density at radius 2 is 1.89 bits per heavy atom. The van der Waals surface area contributed by atoms with Gasteiger partial charge in [0, 0.05) is 11.3 Å². The van der Waals surface area contributed by atoms with E-state index in [9.17, 15) is 8.78 Å². The van der Waals surface area contributed by atoms with Crippen LogP contribution in [0.3, 0.4) is 0 Å². The molecule has 0 radical (unpaired) electrons. The number of hydrogen-bond donors (Lipinski definition) is 1. The predicted octanol–water partition coefficient (Wildman–Crippen LogP) is 4.31. The summed E-state index contributed by atoms with van der Waals surface area (Å²) < 4.78 is 27.2. The highest BCUT2D eigenvalue weighted by atomic mass is 19.1. The first-order valence-electron chi connectivity index (χ1n) is 6.44. The van der Waals surface area contributed by atoms with E-state index in [0.29, 0.717) is 5.56 Å². The van der Waals surface area contributed by atoms with Gasteiger partial charge in [-0.1, -0.05) is 25.1 Å². The van der Waals surface area contributed by atoms with Crippen molar-refractivity contribution < 1.29 is 8.78 Å². The quantitative estimate of drug-likeness (QED) is 0.804. The van der Waals surface area contributed by atoms with E-state index in [4.69, 9.17) is 0 Å². The van der Waals surface area contributed by atoms with Gasteiger partial charge in [0.2, 0.25) is 0 Å². The van der Waals surface area contributed by atoms with Crippen molar-refractivity contribution >= 4 is 5.69 Å². The van der Waals surface area contributed by atoms with Gasteiger partial charge in [-0.15, -0.1) is 0 Å². The van der Waals surface area contributed by atoms with Gasteiger partial charge in [0.15, 0.2) is 0 Å². The monoisotopic (exact) mass is 259 g/mol. The standard InChI is InChI=1S/C16H15F2N/c1-10-8-11-4-2-3-5-15(11)19-16(10)13-9-12(17)6-7-14(13)18/h2-7,9-10,16,19H,8H2,1H3. The third kappa shape index (κ3) is 2.21. The lowest BCUT2D eigenvalue weighted by Crippen LogP contribution is -2.26. The molecule has 1 nitrogen and oxygen atoms in total. The Kier molecular flexibility index (Phi) is 2.97. The van der Waals surface area contributed by atoms with Crippen LogP contribution in [0.1, 0.15) is 24.1 Å². The van der Waals surface area contributed by atoms with E-state index < -0.39 is 5.82 Å². The van der Waals surface area contributed by atoms with E-state index in [1.54, 1.807) is 0 Å². The van der Waals surface area contributed by atoms with Crippen molar-refractivity contribution in [1.82, 2.24) is 0 Å². The third-order valence-corrected chi connectivity index (χ3v) is 3.73. The molecule has 0 saturated carbocycles. The summed E-state index contributed by atoms with van der Waals surface area (Å²) in [5.41, 5.74) is 2.64. The molecule has 2 unspecified atom stereocenters. The zero-order valence-electron chi connectivity index (χ0n) is 10.7. The van der Waals surface area contributed by atoms with Gasteiger partial charge in [-0.2, -0.15) is 0 Å². The second-order valence-electron chi connectivity index (χ2n) is 5.13. The molecule has 0 fully saturated rings. The number of para-hydroxylation sites is 1. The lowest BCUT2D eigenvalue weighted by atomic mass is 9.85. The maximum Gasteiger partial charge on any atom is 0.128 e. The number of rotatable bonds is 1. The molecule has 0 aromatic heterocycles. The molecule has 1 aliphatic heterocycles. The Labute approximate surface area is 111 Å². The highest BCUT2D eigenvalue weighted by molar-refractivity contribution is 5.55. The van der Waals surface area contributed by atoms with Gasteiger partial charge in [-0.05, 0) is 42.2 Å². The highest BCUT2D eigenvalue weighted by Crippen LogP contribution is 2.37. The van der Waals surface area contributed by atoms with Crippen LogP contribution in [0, 0.1) is 17.6 Å². The number of benzene rings is 2. The van der Waals surface area contributed by atoms with Crippen LogP contribution in [0.25, 0.3) is 0 Å². The Morgan fingerprint density at radius 1 is 1.11 bits per heavy atom. The van der Waals surface area contributed by atoms with Gasteiger partial charge in [-0.25, -0.2) is 8.78 Å². The summed E-state index contributed by atoms with van der Waals surface area (Å²) in [4.78, 5) is 0. The molecule has 2 aromatic carbocycles. The number of anilines is 1. The van der Waals surface area contributed by atoms with Gasteiger partial charge in [0.25, 0.3) is 0 Å². The first kappa shape index (κ1) is 12.2. The van der Waals surface area contributed by atoms with Crippen molar-refractivity contribution in [3.8, 4) is 0 Å². The molecule has 2 atom stereocenters. The zero-order valence-corrected chi connectivity index (χ0v) is 10.7. The number of nitrogens with one attached hydrogen (secondary N) is 1. The zero-order chi connectivity index (χ0) is 13.4. The maximum atomic E-state index is 13.9. The van der Waals surface area contributed by atoms with Crippen LogP contribution in [0.2, 0.25) is 0 Å². The van der Waals surface area contributed by atoms with Gasteiger partial charge >= 0.3 is 0 Å². The molecular weight excluding hydrogens is 244 g/mol. The summed E-state index contributed by atoms with van der Waals surface area (Å²) in [6.07, 6.45) is 0.865. The summed E-state index contributed by atoms with van der Waals surface area (Å²) in [7, 11) is 0. The van der Waals surface area contributed by atoms with Gasteiger partial charge < -0.3 is 5.32 Å². The van der Waals surface area contributed by atoms with Crippen molar-refractivity contribution in [2.24, 2.45) is 5.92 Å². The fourth-order valence-corrected chi connectivity index (χ4v) is 2.75. The first-order valence-corrected chi connectivity index (χ1v) is 6.44. The Hall–Kier alpha value is -1.90. The molecule has 2 aromatic rings. The molecule has 3 heteroatoms. The number of hydrogen-bond acceptors (Lipinski definition) is 1. The molecule has 1 N–H and O–H groups in total. The van der Waals surface area contributed by atoms with Gasteiger partial charge in [0.05, 0.1) is 6.04 Å². The fourth-order valence-electron chi connectivity index (χ4n) is 2.75. The van der Waals surface area contributed by atoms with Crippen LogP contribution in [0.15, 0.2) is 42.5 Å². The SMILES string of the molecule is CC1Cc2ccccc2NC1c1cc(F)ccc1F.